The van der Waals surface area contributed by atoms with Gasteiger partial charge in [0.05, 0.1) is 17.7 Å². The summed E-state index contributed by atoms with van der Waals surface area (Å²) >= 11 is 3.47. The summed E-state index contributed by atoms with van der Waals surface area (Å²) in [4.78, 5) is 12.6. The summed E-state index contributed by atoms with van der Waals surface area (Å²) < 4.78 is 12.0. The van der Waals surface area contributed by atoms with Crippen molar-refractivity contribution in [1.29, 1.82) is 5.26 Å². The third-order valence-electron chi connectivity index (χ3n) is 4.02. The van der Waals surface area contributed by atoms with Gasteiger partial charge in [-0.25, -0.2) is 0 Å². The largest absolute Gasteiger partial charge is 0.490 e. The lowest BCUT2D eigenvalue weighted by molar-refractivity contribution is -0.112. The van der Waals surface area contributed by atoms with Crippen LogP contribution in [0.2, 0.25) is 0 Å². The van der Waals surface area contributed by atoms with Crippen LogP contribution in [0.25, 0.3) is 6.08 Å². The first-order valence-corrected chi connectivity index (χ1v) is 9.79. The first-order valence-electron chi connectivity index (χ1n) is 8.99. The van der Waals surface area contributed by atoms with E-state index in [1.165, 1.54) is 6.08 Å². The van der Waals surface area contributed by atoms with E-state index in [4.69, 9.17) is 9.47 Å². The van der Waals surface area contributed by atoms with Crippen LogP contribution in [0.15, 0.2) is 40.4 Å². The number of hydrogen-bond donors (Lipinski definition) is 1. The molecule has 0 spiro atoms. The van der Waals surface area contributed by atoms with E-state index in [0.717, 1.165) is 16.8 Å². The number of carbonyl (C=O) groups is 1. The molecule has 0 radical (unpaired) electrons. The minimum Gasteiger partial charge on any atom is -0.490 e. The van der Waals surface area contributed by atoms with Gasteiger partial charge >= 0.3 is 0 Å². The molecule has 2 aromatic carbocycles. The van der Waals surface area contributed by atoms with Crippen LogP contribution in [0.1, 0.15) is 30.5 Å². The maximum absolute atomic E-state index is 12.6. The standard InChI is InChI=1S/C22H23BrN2O3/c1-5-27-19-12-16(11-18(23)21(19)28-6-2)10-17(13-24)22(26)25-20-14(3)8-7-9-15(20)4/h7-12H,5-6H2,1-4H3,(H,25,26)/b17-10-. The van der Waals surface area contributed by atoms with Crippen molar-refractivity contribution in [3.8, 4) is 17.6 Å². The smallest absolute Gasteiger partial charge is 0.266 e. The highest BCUT2D eigenvalue weighted by Crippen LogP contribution is 2.37. The maximum Gasteiger partial charge on any atom is 0.266 e. The van der Waals surface area contributed by atoms with Crippen molar-refractivity contribution in [3.05, 3.63) is 57.1 Å². The molecule has 0 unspecified atom stereocenters. The van der Waals surface area contributed by atoms with Gasteiger partial charge < -0.3 is 14.8 Å². The molecule has 0 saturated carbocycles. The molecule has 0 atom stereocenters. The predicted octanol–water partition coefficient (Wildman–Crippen LogP) is 5.41. The quantitative estimate of drug-likeness (QED) is 0.459. The molecular formula is C22H23BrN2O3. The topological polar surface area (TPSA) is 71.3 Å². The Morgan fingerprint density at radius 2 is 1.82 bits per heavy atom. The van der Waals surface area contributed by atoms with Crippen LogP contribution in [0.4, 0.5) is 5.69 Å². The summed E-state index contributed by atoms with van der Waals surface area (Å²) in [7, 11) is 0. The lowest BCUT2D eigenvalue weighted by Crippen LogP contribution is -2.15. The number of ether oxygens (including phenoxy) is 2. The zero-order valence-electron chi connectivity index (χ0n) is 16.4. The Kier molecular flexibility index (Phi) is 7.65. The fraction of sp³-hybridized carbons (Fsp3) is 0.273. The van der Waals surface area contributed by atoms with Crippen LogP contribution in [0.5, 0.6) is 11.5 Å². The van der Waals surface area contributed by atoms with Gasteiger partial charge in [-0.3, -0.25) is 4.79 Å². The van der Waals surface area contributed by atoms with E-state index in [0.29, 0.717) is 34.7 Å². The van der Waals surface area contributed by atoms with Crippen molar-refractivity contribution in [2.24, 2.45) is 0 Å². The molecule has 0 aliphatic heterocycles. The summed E-state index contributed by atoms with van der Waals surface area (Å²) in [6.07, 6.45) is 1.53. The van der Waals surface area contributed by atoms with Crippen LogP contribution < -0.4 is 14.8 Å². The zero-order valence-corrected chi connectivity index (χ0v) is 18.0. The highest BCUT2D eigenvalue weighted by atomic mass is 79.9. The van der Waals surface area contributed by atoms with Crippen molar-refractivity contribution in [3.63, 3.8) is 0 Å². The summed E-state index contributed by atoms with van der Waals surface area (Å²) in [5.41, 5.74) is 3.26. The Bertz CT molecular complexity index is 925. The summed E-state index contributed by atoms with van der Waals surface area (Å²) in [5, 5.41) is 12.3. The first-order chi connectivity index (χ1) is 13.4. The minimum absolute atomic E-state index is 0.00108. The number of nitrogens with zero attached hydrogens (tertiary/aromatic N) is 1. The molecule has 146 valence electrons. The van der Waals surface area contributed by atoms with Crippen molar-refractivity contribution in [1.82, 2.24) is 0 Å². The van der Waals surface area contributed by atoms with E-state index in [2.05, 4.69) is 21.2 Å². The summed E-state index contributed by atoms with van der Waals surface area (Å²) in [5.74, 6) is 0.695. The number of hydrogen-bond acceptors (Lipinski definition) is 4. The Morgan fingerprint density at radius 1 is 1.18 bits per heavy atom. The number of aryl methyl sites for hydroxylation is 2. The van der Waals surface area contributed by atoms with E-state index in [1.807, 2.05) is 52.0 Å². The van der Waals surface area contributed by atoms with E-state index in [-0.39, 0.29) is 5.57 Å². The van der Waals surface area contributed by atoms with Gasteiger partial charge in [0.25, 0.3) is 5.91 Å². The number of para-hydroxylation sites is 1. The molecule has 28 heavy (non-hydrogen) atoms. The molecule has 1 N–H and O–H groups in total. The number of nitriles is 1. The van der Waals surface area contributed by atoms with Gasteiger partial charge in [-0.2, -0.15) is 5.26 Å². The number of halogens is 1. The molecule has 0 heterocycles. The maximum atomic E-state index is 12.6. The average molecular weight is 443 g/mol. The predicted molar refractivity (Wildman–Crippen MR) is 115 cm³/mol. The van der Waals surface area contributed by atoms with Crippen LogP contribution in [0.3, 0.4) is 0 Å². The molecule has 5 nitrogen and oxygen atoms in total. The average Bonchev–Trinajstić information content (AvgIpc) is 2.65. The molecule has 0 fully saturated rings. The second-order valence-electron chi connectivity index (χ2n) is 6.09. The molecule has 0 aliphatic carbocycles. The number of nitrogens with one attached hydrogen (secondary N) is 1. The van der Waals surface area contributed by atoms with Crippen LogP contribution in [-0.4, -0.2) is 19.1 Å². The first kappa shape index (κ1) is 21.5. The number of carbonyl (C=O) groups excluding carboxylic acids is 1. The lowest BCUT2D eigenvalue weighted by Gasteiger charge is -2.14. The number of anilines is 1. The molecule has 1 amide bonds. The minimum atomic E-state index is -0.456. The van der Waals surface area contributed by atoms with Crippen LogP contribution in [0, 0.1) is 25.2 Å². The second kappa shape index (κ2) is 9.95. The molecule has 2 rings (SSSR count). The van der Waals surface area contributed by atoms with Gasteiger partial charge in [-0.05, 0) is 78.5 Å². The monoisotopic (exact) mass is 442 g/mol. The van der Waals surface area contributed by atoms with Gasteiger partial charge in [-0.1, -0.05) is 18.2 Å². The Labute approximate surface area is 174 Å². The van der Waals surface area contributed by atoms with Gasteiger partial charge in [0.1, 0.15) is 11.6 Å². The highest BCUT2D eigenvalue weighted by molar-refractivity contribution is 9.10. The van der Waals surface area contributed by atoms with Gasteiger partial charge in [0.15, 0.2) is 11.5 Å². The molecule has 2 aromatic rings. The molecule has 0 aliphatic rings. The third-order valence-corrected chi connectivity index (χ3v) is 4.61. The highest BCUT2D eigenvalue weighted by Gasteiger charge is 2.15. The van der Waals surface area contributed by atoms with Gasteiger partial charge in [0.2, 0.25) is 0 Å². The van der Waals surface area contributed by atoms with Crippen molar-refractivity contribution in [2.75, 3.05) is 18.5 Å². The van der Waals surface area contributed by atoms with Gasteiger partial charge in [0, 0.05) is 5.69 Å². The zero-order chi connectivity index (χ0) is 20.7. The van der Waals surface area contributed by atoms with Crippen LogP contribution in [-0.2, 0) is 4.79 Å². The Hall–Kier alpha value is -2.78. The van der Waals surface area contributed by atoms with E-state index < -0.39 is 5.91 Å². The third kappa shape index (κ3) is 5.14. The molecule has 6 heteroatoms. The summed E-state index contributed by atoms with van der Waals surface area (Å²) in [6, 6.07) is 11.3. The number of amides is 1. The fourth-order valence-electron chi connectivity index (χ4n) is 2.73. The van der Waals surface area contributed by atoms with E-state index in [1.54, 1.807) is 12.1 Å². The van der Waals surface area contributed by atoms with Crippen molar-refractivity contribution in [2.45, 2.75) is 27.7 Å². The normalized spacial score (nSPS) is 10.9. The van der Waals surface area contributed by atoms with E-state index >= 15 is 0 Å². The molecular weight excluding hydrogens is 420 g/mol. The molecule has 0 bridgehead atoms. The van der Waals surface area contributed by atoms with Crippen molar-refractivity contribution < 1.29 is 14.3 Å². The van der Waals surface area contributed by atoms with E-state index in [9.17, 15) is 10.1 Å². The lowest BCUT2D eigenvalue weighted by atomic mass is 10.1. The van der Waals surface area contributed by atoms with Crippen molar-refractivity contribution >= 4 is 33.6 Å². The Morgan fingerprint density at radius 3 is 2.39 bits per heavy atom. The molecule has 0 saturated heterocycles. The molecule has 0 aromatic heterocycles. The van der Waals surface area contributed by atoms with Gasteiger partial charge in [-0.15, -0.1) is 0 Å². The SMILES string of the molecule is CCOc1cc(/C=C(/C#N)C(=O)Nc2c(C)cccc2C)cc(Br)c1OCC. The number of rotatable bonds is 7. The summed E-state index contributed by atoms with van der Waals surface area (Å²) in [6.45, 7) is 8.56. The van der Waals surface area contributed by atoms with Crippen LogP contribution >= 0.6 is 15.9 Å². The second-order valence-corrected chi connectivity index (χ2v) is 6.94. The Balaban J connectivity index is 2.38. The number of benzene rings is 2. The fourth-order valence-corrected chi connectivity index (χ4v) is 3.30.